The molecule has 1 amide bonds. The van der Waals surface area contributed by atoms with Gasteiger partial charge in [-0.05, 0) is 42.2 Å². The molecule has 2 aliphatic rings. The number of nitrogens with zero attached hydrogens (tertiary/aromatic N) is 3. The Kier molecular flexibility index (Phi) is 8.18. The third kappa shape index (κ3) is 4.93. The third-order valence-electron chi connectivity index (χ3n) is 6.27. The van der Waals surface area contributed by atoms with Crippen LogP contribution >= 0.6 is 24.8 Å². The third-order valence-corrected chi connectivity index (χ3v) is 6.27. The first-order valence-electron chi connectivity index (χ1n) is 10.7. The summed E-state index contributed by atoms with van der Waals surface area (Å²) in [6.45, 7) is 3.92. The lowest BCUT2D eigenvalue weighted by atomic mass is 9.96. The molecular formula is C24H29Cl2N5O. The molecule has 170 valence electrons. The van der Waals surface area contributed by atoms with Crippen LogP contribution in [0.2, 0.25) is 0 Å². The lowest BCUT2D eigenvalue weighted by Crippen LogP contribution is -2.53. The van der Waals surface area contributed by atoms with Gasteiger partial charge in [0.15, 0.2) is 0 Å². The fourth-order valence-corrected chi connectivity index (χ4v) is 4.62. The van der Waals surface area contributed by atoms with E-state index in [1.807, 2.05) is 35.5 Å². The number of hydrogen-bond acceptors (Lipinski definition) is 4. The zero-order chi connectivity index (χ0) is 20.3. The van der Waals surface area contributed by atoms with Crippen LogP contribution in [0.15, 0.2) is 67.0 Å². The molecule has 1 aromatic carbocycles. The second-order valence-corrected chi connectivity index (χ2v) is 8.07. The van der Waals surface area contributed by atoms with E-state index < -0.39 is 0 Å². The van der Waals surface area contributed by atoms with Crippen molar-refractivity contribution in [2.24, 2.45) is 0 Å². The first kappa shape index (κ1) is 24.1. The Bertz CT molecular complexity index is 991. The van der Waals surface area contributed by atoms with E-state index in [2.05, 4.69) is 56.6 Å². The van der Waals surface area contributed by atoms with Crippen LogP contribution in [0.3, 0.4) is 0 Å². The van der Waals surface area contributed by atoms with Gasteiger partial charge in [-0.25, -0.2) is 4.98 Å². The van der Waals surface area contributed by atoms with Gasteiger partial charge >= 0.3 is 0 Å². The molecule has 0 spiro atoms. The summed E-state index contributed by atoms with van der Waals surface area (Å²) in [6, 6.07) is 18.6. The maximum Gasteiger partial charge on any atom is 0.239 e. The summed E-state index contributed by atoms with van der Waals surface area (Å²) in [6.07, 6.45) is 4.64. The molecule has 4 heterocycles. The maximum absolute atomic E-state index is 13.1. The number of piperazine rings is 1. The fourth-order valence-electron chi connectivity index (χ4n) is 4.62. The molecule has 0 unspecified atom stereocenters. The summed E-state index contributed by atoms with van der Waals surface area (Å²) in [5, 5.41) is 3.45. The van der Waals surface area contributed by atoms with E-state index in [9.17, 15) is 4.79 Å². The molecular weight excluding hydrogens is 445 g/mol. The number of nitrogens with one attached hydrogen (secondary N) is 2. The highest BCUT2D eigenvalue weighted by molar-refractivity contribution is 5.85. The van der Waals surface area contributed by atoms with E-state index in [0.29, 0.717) is 5.92 Å². The normalized spacial score (nSPS) is 20.4. The zero-order valence-corrected chi connectivity index (χ0v) is 19.4. The average molecular weight is 474 g/mol. The Balaban J connectivity index is 0.00000144. The van der Waals surface area contributed by atoms with Gasteiger partial charge in [0.25, 0.3) is 0 Å². The summed E-state index contributed by atoms with van der Waals surface area (Å²) in [4.78, 5) is 25.3. The Morgan fingerprint density at radius 2 is 1.72 bits per heavy atom. The van der Waals surface area contributed by atoms with E-state index >= 15 is 0 Å². The number of halogens is 2. The van der Waals surface area contributed by atoms with Gasteiger partial charge in [0.05, 0.1) is 6.04 Å². The average Bonchev–Trinajstić information content (AvgIpc) is 3.52. The number of anilines is 1. The number of hydrogen-bond donors (Lipinski definition) is 2. The molecule has 0 aliphatic carbocycles. The Labute approximate surface area is 201 Å². The molecule has 0 bridgehead atoms. The summed E-state index contributed by atoms with van der Waals surface area (Å²) < 4.78 is 0. The molecule has 2 saturated heterocycles. The number of pyridine rings is 1. The number of carbonyl (C=O) groups is 1. The molecule has 2 atom stereocenters. The molecule has 6 nitrogen and oxygen atoms in total. The summed E-state index contributed by atoms with van der Waals surface area (Å²) in [5.74, 6) is 1.63. The van der Waals surface area contributed by atoms with Gasteiger partial charge in [-0.3, -0.25) is 4.79 Å². The first-order valence-corrected chi connectivity index (χ1v) is 10.7. The number of aromatic nitrogens is 2. The van der Waals surface area contributed by atoms with Crippen molar-refractivity contribution in [1.82, 2.24) is 20.2 Å². The monoisotopic (exact) mass is 473 g/mol. The summed E-state index contributed by atoms with van der Waals surface area (Å²) >= 11 is 0. The molecule has 3 aromatic rings. The van der Waals surface area contributed by atoms with Crippen LogP contribution in [0.25, 0.3) is 11.3 Å². The van der Waals surface area contributed by atoms with Gasteiger partial charge in [0.1, 0.15) is 5.82 Å². The molecule has 0 radical (unpaired) electrons. The highest BCUT2D eigenvalue weighted by Gasteiger charge is 2.34. The molecule has 2 fully saturated rings. The zero-order valence-electron chi connectivity index (χ0n) is 17.8. The highest BCUT2D eigenvalue weighted by Crippen LogP contribution is 2.29. The summed E-state index contributed by atoms with van der Waals surface area (Å²) in [5.41, 5.74) is 3.49. The standard InChI is InChI=1S/C24H27N5O.2ClH/c30-24(22-16-19(17-27-22)18-6-2-1-3-7-18)29-14-12-28(13-15-29)23-20(8-4-11-26-23)21-9-5-10-25-21;;/h1-11,19,22,25,27H,12-17H2;2*1H/t19-,22-;;/m1../s1. The first-order chi connectivity index (χ1) is 14.8. The highest BCUT2D eigenvalue weighted by atomic mass is 35.5. The number of carbonyl (C=O) groups excluding carboxylic acids is 1. The molecule has 5 rings (SSSR count). The lowest BCUT2D eigenvalue weighted by Gasteiger charge is -2.37. The molecule has 8 heteroatoms. The van der Waals surface area contributed by atoms with Crippen LogP contribution in [0.1, 0.15) is 17.9 Å². The van der Waals surface area contributed by atoms with Crippen molar-refractivity contribution < 1.29 is 4.79 Å². The second kappa shape index (κ2) is 10.9. The maximum atomic E-state index is 13.1. The fraction of sp³-hybridized carbons (Fsp3) is 0.333. The second-order valence-electron chi connectivity index (χ2n) is 8.07. The van der Waals surface area contributed by atoms with E-state index in [1.54, 1.807) is 0 Å². The molecule has 2 aromatic heterocycles. The van der Waals surface area contributed by atoms with Gasteiger partial charge < -0.3 is 20.1 Å². The van der Waals surface area contributed by atoms with E-state index in [0.717, 1.165) is 56.2 Å². The number of aromatic amines is 1. The minimum Gasteiger partial charge on any atom is -0.361 e. The van der Waals surface area contributed by atoms with Crippen LogP contribution < -0.4 is 10.2 Å². The van der Waals surface area contributed by atoms with Crippen molar-refractivity contribution in [1.29, 1.82) is 0 Å². The lowest BCUT2D eigenvalue weighted by molar-refractivity contribution is -0.133. The molecule has 32 heavy (non-hydrogen) atoms. The van der Waals surface area contributed by atoms with Crippen molar-refractivity contribution >= 4 is 36.5 Å². The van der Waals surface area contributed by atoms with Crippen molar-refractivity contribution in [2.45, 2.75) is 18.4 Å². The number of amides is 1. The SMILES string of the molecule is Cl.Cl.O=C([C@H]1C[C@@H](c2ccccc2)CN1)N1CCN(c2ncccc2-c2ccc[nH]2)CC1. The van der Waals surface area contributed by atoms with Crippen LogP contribution in [0.5, 0.6) is 0 Å². The molecule has 0 saturated carbocycles. The van der Waals surface area contributed by atoms with Crippen LogP contribution in [-0.4, -0.2) is 59.5 Å². The number of rotatable bonds is 4. The number of H-pyrrole nitrogens is 1. The largest absolute Gasteiger partial charge is 0.361 e. The van der Waals surface area contributed by atoms with Gasteiger partial charge in [-0.15, -0.1) is 24.8 Å². The topological polar surface area (TPSA) is 64.3 Å². The van der Waals surface area contributed by atoms with Gasteiger partial charge in [0.2, 0.25) is 5.91 Å². The summed E-state index contributed by atoms with van der Waals surface area (Å²) in [7, 11) is 0. The smallest absolute Gasteiger partial charge is 0.239 e. The molecule has 2 N–H and O–H groups in total. The van der Waals surface area contributed by atoms with Crippen molar-refractivity contribution in [3.8, 4) is 11.3 Å². The quantitative estimate of drug-likeness (QED) is 0.605. The van der Waals surface area contributed by atoms with E-state index in [1.165, 1.54) is 5.56 Å². The van der Waals surface area contributed by atoms with Gasteiger partial charge in [-0.1, -0.05) is 30.3 Å². The van der Waals surface area contributed by atoms with Crippen molar-refractivity contribution in [3.05, 3.63) is 72.6 Å². The minimum atomic E-state index is -0.0777. The minimum absolute atomic E-state index is 0. The van der Waals surface area contributed by atoms with E-state index in [4.69, 9.17) is 0 Å². The Hall–Kier alpha value is -2.54. The van der Waals surface area contributed by atoms with Crippen molar-refractivity contribution in [2.75, 3.05) is 37.6 Å². The predicted molar refractivity (Wildman–Crippen MR) is 133 cm³/mol. The van der Waals surface area contributed by atoms with Crippen LogP contribution in [-0.2, 0) is 4.79 Å². The predicted octanol–water partition coefficient (Wildman–Crippen LogP) is 3.71. The van der Waals surface area contributed by atoms with Crippen molar-refractivity contribution in [3.63, 3.8) is 0 Å². The Morgan fingerprint density at radius 1 is 0.938 bits per heavy atom. The number of benzene rings is 1. The van der Waals surface area contributed by atoms with Crippen LogP contribution in [0, 0.1) is 0 Å². The molecule has 2 aliphatic heterocycles. The van der Waals surface area contributed by atoms with Gasteiger partial charge in [-0.2, -0.15) is 0 Å². The van der Waals surface area contributed by atoms with Gasteiger partial charge in [0, 0.05) is 56.4 Å². The van der Waals surface area contributed by atoms with E-state index in [-0.39, 0.29) is 36.8 Å². The Morgan fingerprint density at radius 3 is 2.44 bits per heavy atom. The van der Waals surface area contributed by atoms with Crippen LogP contribution in [0.4, 0.5) is 5.82 Å².